The molecular formula is C14H14BrFN2. The van der Waals surface area contributed by atoms with Crippen LogP contribution in [0.1, 0.15) is 26.0 Å². The van der Waals surface area contributed by atoms with Gasteiger partial charge in [-0.25, -0.2) is 4.39 Å². The molecule has 1 aromatic carbocycles. The topological polar surface area (TPSA) is 17.8 Å². The van der Waals surface area contributed by atoms with Crippen LogP contribution in [0.5, 0.6) is 0 Å². The monoisotopic (exact) mass is 308 g/mol. The molecule has 0 saturated heterocycles. The van der Waals surface area contributed by atoms with Crippen LogP contribution in [0.2, 0.25) is 0 Å². The van der Waals surface area contributed by atoms with E-state index in [4.69, 9.17) is 0 Å². The number of aryl methyl sites for hydroxylation is 1. The molecule has 2 nitrogen and oxygen atoms in total. The second-order valence-electron chi connectivity index (χ2n) is 5.38. The number of halogens is 2. The average Bonchev–Trinajstić information content (AvgIpc) is 2.80. The summed E-state index contributed by atoms with van der Waals surface area (Å²) in [6.45, 7) is 5.40. The van der Waals surface area contributed by atoms with Crippen LogP contribution in [0, 0.1) is 5.82 Å². The van der Waals surface area contributed by atoms with Gasteiger partial charge >= 0.3 is 0 Å². The van der Waals surface area contributed by atoms with Crippen LogP contribution in [0.4, 0.5) is 4.39 Å². The van der Waals surface area contributed by atoms with E-state index >= 15 is 0 Å². The number of fused-ring (bicyclic) bond motifs is 1. The standard InChI is InChI=1S/C14H14BrFN2/c1-14(2)7-8-18-13(14)11(15)12(17-18)9-3-5-10(16)6-4-9/h3-6H,7-8H2,1-2H3. The molecule has 1 aromatic heterocycles. The lowest BCUT2D eigenvalue weighted by Crippen LogP contribution is -2.12. The van der Waals surface area contributed by atoms with Crippen molar-refractivity contribution >= 4 is 15.9 Å². The molecule has 0 atom stereocenters. The lowest BCUT2D eigenvalue weighted by atomic mass is 9.88. The van der Waals surface area contributed by atoms with E-state index in [0.717, 1.165) is 28.7 Å². The number of rotatable bonds is 1. The van der Waals surface area contributed by atoms with Gasteiger partial charge in [0.05, 0.1) is 10.2 Å². The Morgan fingerprint density at radius 3 is 2.56 bits per heavy atom. The lowest BCUT2D eigenvalue weighted by Gasteiger charge is -2.16. The van der Waals surface area contributed by atoms with Crippen LogP contribution in [-0.4, -0.2) is 9.78 Å². The summed E-state index contributed by atoms with van der Waals surface area (Å²) in [4.78, 5) is 0. The molecule has 0 fully saturated rings. The number of benzene rings is 1. The fraction of sp³-hybridized carbons (Fsp3) is 0.357. The Balaban J connectivity index is 2.13. The van der Waals surface area contributed by atoms with Gasteiger partial charge in [-0.3, -0.25) is 4.68 Å². The Kier molecular flexibility index (Phi) is 2.59. The van der Waals surface area contributed by atoms with Crippen LogP contribution < -0.4 is 0 Å². The van der Waals surface area contributed by atoms with E-state index in [1.165, 1.54) is 17.8 Å². The minimum atomic E-state index is -0.220. The Bertz CT molecular complexity index is 599. The molecule has 2 aromatic rings. The van der Waals surface area contributed by atoms with E-state index in [1.54, 1.807) is 12.1 Å². The highest BCUT2D eigenvalue weighted by Crippen LogP contribution is 2.42. The number of hydrogen-bond donors (Lipinski definition) is 0. The molecule has 94 valence electrons. The van der Waals surface area contributed by atoms with Gasteiger partial charge in [-0.2, -0.15) is 5.10 Å². The van der Waals surface area contributed by atoms with E-state index in [0.29, 0.717) is 0 Å². The van der Waals surface area contributed by atoms with E-state index in [2.05, 4.69) is 39.6 Å². The van der Waals surface area contributed by atoms with Crippen molar-refractivity contribution in [1.82, 2.24) is 9.78 Å². The minimum absolute atomic E-state index is 0.143. The largest absolute Gasteiger partial charge is 0.267 e. The zero-order valence-electron chi connectivity index (χ0n) is 10.4. The van der Waals surface area contributed by atoms with Crippen molar-refractivity contribution in [1.29, 1.82) is 0 Å². The Labute approximate surface area is 114 Å². The number of aromatic nitrogens is 2. The zero-order chi connectivity index (χ0) is 12.9. The molecule has 0 bridgehead atoms. The first-order valence-electron chi connectivity index (χ1n) is 6.02. The summed E-state index contributed by atoms with van der Waals surface area (Å²) in [5.41, 5.74) is 3.23. The molecule has 0 N–H and O–H groups in total. The summed E-state index contributed by atoms with van der Waals surface area (Å²) in [6, 6.07) is 6.48. The summed E-state index contributed by atoms with van der Waals surface area (Å²) < 4.78 is 16.0. The number of hydrogen-bond acceptors (Lipinski definition) is 1. The van der Waals surface area contributed by atoms with Gasteiger partial charge in [-0.15, -0.1) is 0 Å². The molecule has 0 saturated carbocycles. The van der Waals surface area contributed by atoms with Gasteiger partial charge in [-0.1, -0.05) is 13.8 Å². The first kappa shape index (κ1) is 11.9. The zero-order valence-corrected chi connectivity index (χ0v) is 12.0. The van der Waals surface area contributed by atoms with E-state index in [1.807, 2.05) is 0 Å². The summed E-state index contributed by atoms with van der Waals surface area (Å²) >= 11 is 3.66. The number of nitrogens with zero attached hydrogens (tertiary/aromatic N) is 2. The summed E-state index contributed by atoms with van der Waals surface area (Å²) in [5, 5.41) is 4.63. The van der Waals surface area contributed by atoms with Gasteiger partial charge in [0.2, 0.25) is 0 Å². The van der Waals surface area contributed by atoms with Gasteiger partial charge in [0.25, 0.3) is 0 Å². The predicted molar refractivity (Wildman–Crippen MR) is 73.0 cm³/mol. The van der Waals surface area contributed by atoms with Crippen molar-refractivity contribution in [2.45, 2.75) is 32.2 Å². The lowest BCUT2D eigenvalue weighted by molar-refractivity contribution is 0.516. The maximum Gasteiger partial charge on any atom is 0.123 e. The summed E-state index contributed by atoms with van der Waals surface area (Å²) in [7, 11) is 0. The van der Waals surface area contributed by atoms with E-state index in [9.17, 15) is 4.39 Å². The normalized spacial score (nSPS) is 16.9. The molecule has 0 amide bonds. The van der Waals surface area contributed by atoms with Gasteiger partial charge in [0, 0.05) is 17.5 Å². The van der Waals surface area contributed by atoms with E-state index < -0.39 is 0 Å². The third-order valence-corrected chi connectivity index (χ3v) is 4.35. The first-order chi connectivity index (χ1) is 8.49. The van der Waals surface area contributed by atoms with Gasteiger partial charge in [-0.05, 0) is 46.6 Å². The maximum absolute atomic E-state index is 13.0. The molecule has 1 aliphatic rings. The fourth-order valence-electron chi connectivity index (χ4n) is 2.54. The predicted octanol–water partition coefficient (Wildman–Crippen LogP) is 4.13. The summed E-state index contributed by atoms with van der Waals surface area (Å²) in [6.07, 6.45) is 1.11. The molecule has 18 heavy (non-hydrogen) atoms. The van der Waals surface area contributed by atoms with Crippen LogP contribution in [0.25, 0.3) is 11.3 Å². The van der Waals surface area contributed by atoms with Crippen molar-refractivity contribution in [2.24, 2.45) is 0 Å². The molecule has 0 aliphatic carbocycles. The molecular weight excluding hydrogens is 295 g/mol. The van der Waals surface area contributed by atoms with Crippen LogP contribution >= 0.6 is 15.9 Å². The fourth-order valence-corrected chi connectivity index (χ4v) is 3.59. The summed E-state index contributed by atoms with van der Waals surface area (Å²) in [5.74, 6) is -0.220. The van der Waals surface area contributed by atoms with Gasteiger partial charge in [0.15, 0.2) is 0 Å². The highest BCUT2D eigenvalue weighted by atomic mass is 79.9. The maximum atomic E-state index is 13.0. The van der Waals surface area contributed by atoms with E-state index in [-0.39, 0.29) is 11.2 Å². The molecule has 2 heterocycles. The molecule has 1 aliphatic heterocycles. The van der Waals surface area contributed by atoms with Gasteiger partial charge < -0.3 is 0 Å². The van der Waals surface area contributed by atoms with Crippen molar-refractivity contribution in [3.05, 3.63) is 40.2 Å². The van der Waals surface area contributed by atoms with Crippen molar-refractivity contribution < 1.29 is 4.39 Å². The quantitative estimate of drug-likeness (QED) is 0.774. The second kappa shape index (κ2) is 3.92. The third kappa shape index (κ3) is 1.70. The van der Waals surface area contributed by atoms with Crippen LogP contribution in [-0.2, 0) is 12.0 Å². The first-order valence-corrected chi connectivity index (χ1v) is 6.81. The highest BCUT2D eigenvalue weighted by Gasteiger charge is 2.35. The smallest absolute Gasteiger partial charge is 0.123 e. The van der Waals surface area contributed by atoms with Crippen molar-refractivity contribution in [3.8, 4) is 11.3 Å². The molecule has 0 spiro atoms. The second-order valence-corrected chi connectivity index (χ2v) is 6.17. The van der Waals surface area contributed by atoms with Crippen LogP contribution in [0.3, 0.4) is 0 Å². The Hall–Kier alpha value is -1.16. The van der Waals surface area contributed by atoms with Crippen molar-refractivity contribution in [2.75, 3.05) is 0 Å². The molecule has 4 heteroatoms. The molecule has 3 rings (SSSR count). The SMILES string of the molecule is CC1(C)CCn2nc(-c3ccc(F)cc3)c(Br)c21. The molecule has 0 radical (unpaired) electrons. The Morgan fingerprint density at radius 2 is 1.94 bits per heavy atom. The van der Waals surface area contributed by atoms with Crippen molar-refractivity contribution in [3.63, 3.8) is 0 Å². The van der Waals surface area contributed by atoms with Gasteiger partial charge in [0.1, 0.15) is 11.5 Å². The third-order valence-electron chi connectivity index (χ3n) is 3.60. The average molecular weight is 309 g/mol. The minimum Gasteiger partial charge on any atom is -0.267 e. The molecule has 0 unspecified atom stereocenters. The van der Waals surface area contributed by atoms with Crippen LogP contribution in [0.15, 0.2) is 28.7 Å². The highest BCUT2D eigenvalue weighted by molar-refractivity contribution is 9.10. The Morgan fingerprint density at radius 1 is 1.28 bits per heavy atom.